The smallest absolute Gasteiger partial charge is 0.150 e. The Morgan fingerprint density at radius 3 is 2.25 bits per heavy atom. The van der Waals surface area contributed by atoms with Crippen LogP contribution in [0.15, 0.2) is 0 Å². The average Bonchev–Trinajstić information content (AvgIpc) is 1.68. The Balaban J connectivity index is 0. The molecule has 0 bridgehead atoms. The molecule has 0 aliphatic carbocycles. The van der Waals surface area contributed by atoms with E-state index >= 15 is 0 Å². The second kappa shape index (κ2) is 7.68. The van der Waals surface area contributed by atoms with E-state index in [0.717, 1.165) is 6.42 Å². The first-order valence-corrected chi connectivity index (χ1v) is 3.66. The van der Waals surface area contributed by atoms with E-state index in [-0.39, 0.29) is 19.5 Å². The molecule has 1 unspecified atom stereocenters. The van der Waals surface area contributed by atoms with Crippen LogP contribution in [0.1, 0.15) is 13.3 Å². The second-order valence-corrected chi connectivity index (χ2v) is 2.72. The molecule has 0 spiro atoms. The van der Waals surface area contributed by atoms with Crippen LogP contribution in [-0.2, 0) is 28.6 Å². The number of hydrogen-bond donors (Lipinski definition) is 0. The quantitative estimate of drug-likeness (QED) is 0.496. The average molecular weight is 186 g/mol. The van der Waals surface area contributed by atoms with Gasteiger partial charge in [-0.3, -0.25) is 0 Å². The summed E-state index contributed by atoms with van der Waals surface area (Å²) < 4.78 is 14.8. The van der Waals surface area contributed by atoms with Gasteiger partial charge in [0.2, 0.25) is 0 Å². The van der Waals surface area contributed by atoms with Gasteiger partial charge in [-0.05, 0) is 11.0 Å². The zero-order valence-corrected chi connectivity index (χ0v) is 9.25. The summed E-state index contributed by atoms with van der Waals surface area (Å²) in [5.41, 5.74) is 0. The van der Waals surface area contributed by atoms with E-state index in [2.05, 4.69) is 4.52 Å². The predicted octanol–water partition coefficient (Wildman–Crippen LogP) is 1.78. The van der Waals surface area contributed by atoms with Gasteiger partial charge in [0.1, 0.15) is 0 Å². The van der Waals surface area contributed by atoms with Crippen LogP contribution in [0, 0.1) is 0 Å². The predicted molar refractivity (Wildman–Crippen MR) is 29.8 cm³/mol. The first-order valence-electron chi connectivity index (χ1n) is 2.30. The Hall–Kier alpha value is 0.683. The minimum atomic E-state index is -1.33. The topological polar surface area (TPSA) is 26.3 Å². The van der Waals surface area contributed by atoms with Gasteiger partial charge in [-0.1, -0.05) is 6.92 Å². The molecular weight excluding hydrogens is 176 g/mol. The van der Waals surface area contributed by atoms with Gasteiger partial charge in [-0.15, -0.1) is 4.52 Å². The van der Waals surface area contributed by atoms with Gasteiger partial charge in [-0.2, -0.15) is 0 Å². The minimum absolute atomic E-state index is 0. The van der Waals surface area contributed by atoms with Crippen LogP contribution in [0.4, 0.5) is 0 Å². The molecular formula is C4H10O2PZn+. The van der Waals surface area contributed by atoms with Gasteiger partial charge in [0, 0.05) is 19.5 Å². The molecule has 8 heavy (non-hydrogen) atoms. The molecule has 1 atom stereocenters. The molecule has 0 aromatic heterocycles. The largest absolute Gasteiger partial charge is 0.507 e. The molecule has 0 fully saturated rings. The molecule has 0 N–H and O–H groups in total. The fraction of sp³-hybridized carbons (Fsp3) is 1.00. The van der Waals surface area contributed by atoms with E-state index in [1.807, 2.05) is 6.92 Å². The summed E-state index contributed by atoms with van der Waals surface area (Å²) in [4.78, 5) is 0. The Bertz CT molecular complexity index is 67.1. The van der Waals surface area contributed by atoms with Crippen molar-refractivity contribution in [3.63, 3.8) is 0 Å². The zero-order chi connectivity index (χ0) is 5.70. The molecule has 0 saturated heterocycles. The molecule has 0 aromatic rings. The molecule has 0 radical (unpaired) electrons. The van der Waals surface area contributed by atoms with Crippen molar-refractivity contribution in [1.82, 2.24) is 0 Å². The van der Waals surface area contributed by atoms with Crippen LogP contribution in [0.25, 0.3) is 0 Å². The number of rotatable bonds is 3. The Morgan fingerprint density at radius 1 is 1.62 bits per heavy atom. The maximum absolute atomic E-state index is 10.3. The molecule has 0 amide bonds. The van der Waals surface area contributed by atoms with Crippen molar-refractivity contribution < 1.29 is 28.6 Å². The van der Waals surface area contributed by atoms with Crippen molar-refractivity contribution in [3.05, 3.63) is 0 Å². The first-order chi connectivity index (χ1) is 3.31. The van der Waals surface area contributed by atoms with Crippen molar-refractivity contribution in [2.75, 3.05) is 13.3 Å². The summed E-state index contributed by atoms with van der Waals surface area (Å²) in [6.45, 7) is 1.98. The van der Waals surface area contributed by atoms with Gasteiger partial charge in [0.25, 0.3) is 0 Å². The third kappa shape index (κ3) is 6.68. The van der Waals surface area contributed by atoms with Crippen LogP contribution in [-0.4, -0.2) is 13.3 Å². The number of hydrogen-bond acceptors (Lipinski definition) is 2. The molecule has 4 heteroatoms. The maximum atomic E-state index is 10.3. The Kier molecular flexibility index (Phi) is 11.0. The van der Waals surface area contributed by atoms with Gasteiger partial charge < -0.3 is 0 Å². The van der Waals surface area contributed by atoms with Crippen LogP contribution >= 0.6 is 8.03 Å². The molecule has 0 aliphatic rings. The monoisotopic (exact) mass is 185 g/mol. The minimum Gasteiger partial charge on any atom is -0.150 e. The molecule has 0 rings (SSSR count). The third-order valence-corrected chi connectivity index (χ3v) is 1.83. The standard InChI is InChI=1S/C4H10O2P.Zn/c1-3-4-7(5)6-2;/h3-4H2,1-2H3;/q+1;. The normalized spacial score (nSPS) is 10.0. The van der Waals surface area contributed by atoms with E-state index in [1.165, 1.54) is 7.11 Å². The van der Waals surface area contributed by atoms with Crippen molar-refractivity contribution in [2.45, 2.75) is 13.3 Å². The van der Waals surface area contributed by atoms with E-state index in [9.17, 15) is 4.57 Å². The van der Waals surface area contributed by atoms with Gasteiger partial charge in [0.05, 0.1) is 7.11 Å². The summed E-state index contributed by atoms with van der Waals surface area (Å²) >= 11 is 0. The second-order valence-electron chi connectivity index (χ2n) is 1.24. The van der Waals surface area contributed by atoms with E-state index in [4.69, 9.17) is 0 Å². The fourth-order valence-electron chi connectivity index (χ4n) is 0.274. The van der Waals surface area contributed by atoms with Crippen molar-refractivity contribution in [1.29, 1.82) is 0 Å². The first kappa shape index (κ1) is 11.5. The SMILES string of the molecule is CCC[P+](=O)OC.[Zn]. The van der Waals surface area contributed by atoms with Crippen molar-refractivity contribution in [3.8, 4) is 0 Å². The molecule has 44 valence electrons. The zero-order valence-electron chi connectivity index (χ0n) is 5.39. The summed E-state index contributed by atoms with van der Waals surface area (Å²) in [7, 11) is 0.138. The Morgan fingerprint density at radius 2 is 2.12 bits per heavy atom. The fourth-order valence-corrected chi connectivity index (χ4v) is 0.822. The van der Waals surface area contributed by atoms with E-state index in [0.29, 0.717) is 6.16 Å². The van der Waals surface area contributed by atoms with E-state index < -0.39 is 8.03 Å². The summed E-state index contributed by atoms with van der Waals surface area (Å²) in [6, 6.07) is 0. The third-order valence-electron chi connectivity index (χ3n) is 0.610. The van der Waals surface area contributed by atoms with E-state index in [1.54, 1.807) is 0 Å². The molecule has 0 aliphatic heterocycles. The molecule has 2 nitrogen and oxygen atoms in total. The van der Waals surface area contributed by atoms with Gasteiger partial charge in [0.15, 0.2) is 6.16 Å². The molecule has 0 aromatic carbocycles. The summed E-state index contributed by atoms with van der Waals surface area (Å²) in [5, 5.41) is 0. The van der Waals surface area contributed by atoms with Gasteiger partial charge in [-0.25, -0.2) is 0 Å². The summed E-state index contributed by atoms with van der Waals surface area (Å²) in [5.74, 6) is 0. The van der Waals surface area contributed by atoms with Crippen LogP contribution in [0.3, 0.4) is 0 Å². The van der Waals surface area contributed by atoms with Crippen LogP contribution in [0.5, 0.6) is 0 Å². The molecule has 0 saturated carbocycles. The van der Waals surface area contributed by atoms with Gasteiger partial charge >= 0.3 is 8.03 Å². The maximum Gasteiger partial charge on any atom is 0.507 e. The van der Waals surface area contributed by atoms with Crippen LogP contribution in [0.2, 0.25) is 0 Å². The van der Waals surface area contributed by atoms with Crippen molar-refractivity contribution in [2.24, 2.45) is 0 Å². The van der Waals surface area contributed by atoms with Crippen LogP contribution < -0.4 is 0 Å². The Labute approximate surface area is 63.6 Å². The van der Waals surface area contributed by atoms with Crippen molar-refractivity contribution >= 4 is 8.03 Å². The molecule has 0 heterocycles. The summed E-state index contributed by atoms with van der Waals surface area (Å²) in [6.07, 6.45) is 1.62.